The summed E-state index contributed by atoms with van der Waals surface area (Å²) in [5.74, 6) is 1.21. The summed E-state index contributed by atoms with van der Waals surface area (Å²) in [5.41, 5.74) is 0.614. The van der Waals surface area contributed by atoms with Crippen LogP contribution in [0.15, 0.2) is 35.7 Å². The number of hydrogen-bond acceptors (Lipinski definition) is 4. The van der Waals surface area contributed by atoms with Crippen molar-refractivity contribution in [3.8, 4) is 5.75 Å². The van der Waals surface area contributed by atoms with E-state index < -0.39 is 0 Å². The molecule has 0 radical (unpaired) electrons. The van der Waals surface area contributed by atoms with Crippen LogP contribution in [0.25, 0.3) is 0 Å². The van der Waals surface area contributed by atoms with Crippen LogP contribution >= 0.6 is 22.9 Å². The number of piperidine rings is 1. The SMILES string of the molecule is COc1ccc(Cl)cc1NC(=O)CN1CCC(c2cccs2)CC1. The molecule has 1 aromatic heterocycles. The van der Waals surface area contributed by atoms with Crippen LogP contribution in [0.2, 0.25) is 5.02 Å². The summed E-state index contributed by atoms with van der Waals surface area (Å²) in [6.07, 6.45) is 2.21. The first kappa shape index (κ1) is 17.3. The van der Waals surface area contributed by atoms with E-state index in [-0.39, 0.29) is 5.91 Å². The molecule has 2 heterocycles. The summed E-state index contributed by atoms with van der Waals surface area (Å²) in [7, 11) is 1.58. The molecule has 3 rings (SSSR count). The molecule has 0 unspecified atom stereocenters. The standard InChI is InChI=1S/C18H21ClN2O2S/c1-23-16-5-4-14(19)11-15(16)20-18(22)12-21-8-6-13(7-9-21)17-3-2-10-24-17/h2-5,10-11,13H,6-9,12H2,1H3,(H,20,22). The molecule has 128 valence electrons. The first-order valence-corrected chi connectivity index (χ1v) is 9.30. The first-order valence-electron chi connectivity index (χ1n) is 8.05. The number of hydrogen-bond donors (Lipinski definition) is 1. The molecule has 1 N–H and O–H groups in total. The molecule has 0 bridgehead atoms. The number of ether oxygens (including phenoxy) is 1. The lowest BCUT2D eigenvalue weighted by atomic mass is 9.95. The van der Waals surface area contributed by atoms with Gasteiger partial charge in [-0.3, -0.25) is 9.69 Å². The van der Waals surface area contributed by atoms with Crippen molar-refractivity contribution in [2.24, 2.45) is 0 Å². The largest absolute Gasteiger partial charge is 0.495 e. The molecule has 1 amide bonds. The Morgan fingerprint density at radius 2 is 2.17 bits per heavy atom. The van der Waals surface area contributed by atoms with Gasteiger partial charge in [0.15, 0.2) is 0 Å². The molecule has 1 aromatic carbocycles. The molecule has 2 aromatic rings. The van der Waals surface area contributed by atoms with E-state index in [4.69, 9.17) is 16.3 Å². The van der Waals surface area contributed by atoms with E-state index in [0.717, 1.165) is 25.9 Å². The molecule has 6 heteroatoms. The van der Waals surface area contributed by atoms with E-state index in [0.29, 0.717) is 28.9 Å². The number of carbonyl (C=O) groups is 1. The summed E-state index contributed by atoms with van der Waals surface area (Å²) < 4.78 is 5.26. The Balaban J connectivity index is 1.52. The van der Waals surface area contributed by atoms with Crippen LogP contribution in [0.1, 0.15) is 23.6 Å². The lowest BCUT2D eigenvalue weighted by Gasteiger charge is -2.31. The van der Waals surface area contributed by atoms with Crippen LogP contribution in [0.3, 0.4) is 0 Å². The predicted octanol–water partition coefficient (Wildman–Crippen LogP) is 4.23. The number of rotatable bonds is 5. The van der Waals surface area contributed by atoms with Crippen molar-refractivity contribution in [2.45, 2.75) is 18.8 Å². The number of anilines is 1. The van der Waals surface area contributed by atoms with Crippen molar-refractivity contribution < 1.29 is 9.53 Å². The highest BCUT2D eigenvalue weighted by Gasteiger charge is 2.22. The average Bonchev–Trinajstić information content (AvgIpc) is 3.10. The number of amides is 1. The van der Waals surface area contributed by atoms with E-state index >= 15 is 0 Å². The molecule has 1 aliphatic heterocycles. The van der Waals surface area contributed by atoms with E-state index in [1.165, 1.54) is 4.88 Å². The minimum atomic E-state index is -0.0369. The maximum Gasteiger partial charge on any atom is 0.238 e. The van der Waals surface area contributed by atoms with Crippen LogP contribution < -0.4 is 10.1 Å². The van der Waals surface area contributed by atoms with Crippen LogP contribution in [0, 0.1) is 0 Å². The normalized spacial score (nSPS) is 16.1. The highest BCUT2D eigenvalue weighted by atomic mass is 35.5. The zero-order chi connectivity index (χ0) is 16.9. The molecule has 0 spiro atoms. The Bertz CT molecular complexity index is 682. The van der Waals surface area contributed by atoms with Crippen molar-refractivity contribution in [3.63, 3.8) is 0 Å². The van der Waals surface area contributed by atoms with Crippen LogP contribution in [-0.4, -0.2) is 37.6 Å². The number of nitrogens with one attached hydrogen (secondary N) is 1. The Hall–Kier alpha value is -1.56. The van der Waals surface area contributed by atoms with Gasteiger partial charge < -0.3 is 10.1 Å². The van der Waals surface area contributed by atoms with Gasteiger partial charge in [-0.15, -0.1) is 11.3 Å². The Morgan fingerprint density at radius 1 is 1.38 bits per heavy atom. The fourth-order valence-corrected chi connectivity index (χ4v) is 4.14. The number of likely N-dealkylation sites (tertiary alicyclic amines) is 1. The smallest absolute Gasteiger partial charge is 0.238 e. The first-order chi connectivity index (χ1) is 11.7. The van der Waals surface area contributed by atoms with E-state index in [2.05, 4.69) is 27.7 Å². The zero-order valence-electron chi connectivity index (χ0n) is 13.6. The highest BCUT2D eigenvalue weighted by molar-refractivity contribution is 7.10. The quantitative estimate of drug-likeness (QED) is 0.863. The lowest BCUT2D eigenvalue weighted by Crippen LogP contribution is -2.38. The number of benzene rings is 1. The van der Waals surface area contributed by atoms with E-state index in [9.17, 15) is 4.79 Å². The van der Waals surface area contributed by atoms with Gasteiger partial charge in [0.05, 0.1) is 19.3 Å². The van der Waals surface area contributed by atoms with Crippen molar-refractivity contribution in [1.29, 1.82) is 0 Å². The summed E-state index contributed by atoms with van der Waals surface area (Å²) >= 11 is 7.83. The van der Waals surface area contributed by atoms with Gasteiger partial charge in [-0.05, 0) is 61.5 Å². The van der Waals surface area contributed by atoms with Crippen LogP contribution in [-0.2, 0) is 4.79 Å². The maximum atomic E-state index is 12.3. The zero-order valence-corrected chi connectivity index (χ0v) is 15.2. The van der Waals surface area contributed by atoms with E-state index in [1.807, 2.05) is 11.3 Å². The molecule has 0 atom stereocenters. The van der Waals surface area contributed by atoms with Gasteiger partial charge in [0.1, 0.15) is 5.75 Å². The number of thiophene rings is 1. The fraction of sp³-hybridized carbons (Fsp3) is 0.389. The van der Waals surface area contributed by atoms with Crippen LogP contribution in [0.5, 0.6) is 5.75 Å². The molecule has 1 aliphatic rings. The fourth-order valence-electron chi connectivity index (χ4n) is 3.07. The number of nitrogens with zero attached hydrogens (tertiary/aromatic N) is 1. The third kappa shape index (κ3) is 4.29. The molecule has 0 saturated carbocycles. The summed E-state index contributed by atoms with van der Waals surface area (Å²) in [6, 6.07) is 9.53. The van der Waals surface area contributed by atoms with Gasteiger partial charge in [-0.2, -0.15) is 0 Å². The molecule has 1 saturated heterocycles. The Kier molecular flexibility index (Phi) is 5.76. The van der Waals surface area contributed by atoms with E-state index in [1.54, 1.807) is 25.3 Å². The predicted molar refractivity (Wildman–Crippen MR) is 99.4 cm³/mol. The van der Waals surface area contributed by atoms with Crippen molar-refractivity contribution in [3.05, 3.63) is 45.6 Å². The van der Waals surface area contributed by atoms with Crippen molar-refractivity contribution in [1.82, 2.24) is 4.90 Å². The van der Waals surface area contributed by atoms with Gasteiger partial charge in [0.2, 0.25) is 5.91 Å². The molecular formula is C18H21ClN2O2S. The summed E-state index contributed by atoms with van der Waals surface area (Å²) in [5, 5.41) is 5.60. The minimum Gasteiger partial charge on any atom is -0.495 e. The Labute approximate surface area is 151 Å². The van der Waals surface area contributed by atoms with Gasteiger partial charge in [-0.25, -0.2) is 0 Å². The van der Waals surface area contributed by atoms with Gasteiger partial charge in [0.25, 0.3) is 0 Å². The summed E-state index contributed by atoms with van der Waals surface area (Å²) in [4.78, 5) is 16.0. The molecule has 24 heavy (non-hydrogen) atoms. The molecular weight excluding hydrogens is 344 g/mol. The Morgan fingerprint density at radius 3 is 2.83 bits per heavy atom. The second kappa shape index (κ2) is 8.01. The van der Waals surface area contributed by atoms with Crippen molar-refractivity contribution in [2.75, 3.05) is 32.1 Å². The third-order valence-electron chi connectivity index (χ3n) is 4.34. The topological polar surface area (TPSA) is 41.6 Å². The second-order valence-electron chi connectivity index (χ2n) is 5.96. The molecule has 0 aliphatic carbocycles. The number of methoxy groups -OCH3 is 1. The average molecular weight is 365 g/mol. The monoisotopic (exact) mass is 364 g/mol. The highest BCUT2D eigenvalue weighted by Crippen LogP contribution is 2.31. The number of carbonyl (C=O) groups excluding carboxylic acids is 1. The molecule has 4 nitrogen and oxygen atoms in total. The lowest BCUT2D eigenvalue weighted by molar-refractivity contribution is -0.117. The van der Waals surface area contributed by atoms with Crippen LogP contribution in [0.4, 0.5) is 5.69 Å². The van der Waals surface area contributed by atoms with Crippen molar-refractivity contribution >= 4 is 34.5 Å². The maximum absolute atomic E-state index is 12.3. The van der Waals surface area contributed by atoms with Gasteiger partial charge >= 0.3 is 0 Å². The van der Waals surface area contributed by atoms with Gasteiger partial charge in [-0.1, -0.05) is 17.7 Å². The third-order valence-corrected chi connectivity index (χ3v) is 5.61. The second-order valence-corrected chi connectivity index (χ2v) is 7.37. The summed E-state index contributed by atoms with van der Waals surface area (Å²) in [6.45, 7) is 2.29. The number of halogens is 1. The van der Waals surface area contributed by atoms with Gasteiger partial charge in [0, 0.05) is 9.90 Å². The molecule has 1 fully saturated rings. The minimum absolute atomic E-state index is 0.0369.